The number of aliphatic hydroxyl groups is 1. The number of amides is 1. The fourth-order valence-corrected chi connectivity index (χ4v) is 5.42. The second-order valence-electron chi connectivity index (χ2n) is 9.92. The average molecular weight is 622 g/mol. The van der Waals surface area contributed by atoms with Crippen LogP contribution in [0.4, 0.5) is 15.0 Å². The monoisotopic (exact) mass is 620 g/mol. The van der Waals surface area contributed by atoms with Gasteiger partial charge in [-0.15, -0.1) is 0 Å². The highest BCUT2D eigenvalue weighted by Crippen LogP contribution is 2.45. The van der Waals surface area contributed by atoms with Gasteiger partial charge in [-0.3, -0.25) is 0 Å². The second-order valence-corrected chi connectivity index (χ2v) is 11.9. The van der Waals surface area contributed by atoms with Gasteiger partial charge in [0.25, 0.3) is 0 Å². The highest BCUT2D eigenvalue weighted by Gasteiger charge is 2.37. The molecule has 0 radical (unpaired) electrons. The summed E-state index contributed by atoms with van der Waals surface area (Å²) in [7, 11) is 0. The third kappa shape index (κ3) is 6.19. The van der Waals surface area contributed by atoms with Gasteiger partial charge in [-0.1, -0.05) is 23.4 Å². The first-order valence-electron chi connectivity index (χ1n) is 12.1. The van der Waals surface area contributed by atoms with Gasteiger partial charge < -0.3 is 29.1 Å². The maximum absolute atomic E-state index is 15.1. The van der Waals surface area contributed by atoms with Crippen LogP contribution in [0, 0.1) is 5.82 Å². The Morgan fingerprint density at radius 3 is 2.81 bits per heavy atom. The normalized spacial score (nSPS) is 19.8. The van der Waals surface area contributed by atoms with Gasteiger partial charge in [-0.2, -0.15) is 0 Å². The number of nitrogens with zero attached hydrogens (tertiary/aromatic N) is 4. The van der Waals surface area contributed by atoms with E-state index in [1.807, 2.05) is 31.9 Å². The fourth-order valence-electron chi connectivity index (χ4n) is 4.46. The number of carbonyl (C=O) groups is 1. The molecule has 1 fully saturated rings. The zero-order valence-corrected chi connectivity index (χ0v) is 24.4. The van der Waals surface area contributed by atoms with Crippen molar-refractivity contribution in [2.45, 2.75) is 56.5 Å². The topological polar surface area (TPSA) is 97.3 Å². The van der Waals surface area contributed by atoms with E-state index in [4.69, 9.17) is 25.8 Å². The SMILES string of the molecule is CSc1nc2c3c(c(Cl)c(Br)c(F)c3n1)OCCN2CCCO[C@H]1C[C@@H](CO)N(C(=O)OC(C)(C)C)C1. The first-order valence-corrected chi connectivity index (χ1v) is 14.5. The number of carbonyl (C=O) groups excluding carboxylic acids is 1. The van der Waals surface area contributed by atoms with Gasteiger partial charge in [0.15, 0.2) is 16.7 Å². The Hall–Kier alpha value is -1.60. The van der Waals surface area contributed by atoms with Crippen molar-refractivity contribution in [1.82, 2.24) is 14.9 Å². The van der Waals surface area contributed by atoms with Crippen LogP contribution in [0.25, 0.3) is 10.9 Å². The molecule has 4 rings (SSSR count). The lowest BCUT2D eigenvalue weighted by Crippen LogP contribution is -2.41. The zero-order valence-electron chi connectivity index (χ0n) is 21.2. The Kier molecular flexibility index (Phi) is 8.94. The number of rotatable bonds is 7. The minimum atomic E-state index is -0.614. The molecule has 2 aromatic rings. The fraction of sp³-hybridized carbons (Fsp3) is 0.625. The van der Waals surface area contributed by atoms with Gasteiger partial charge in [0.2, 0.25) is 0 Å². The van der Waals surface area contributed by atoms with Crippen LogP contribution in [0.1, 0.15) is 33.6 Å². The standard InChI is InChI=1S/C24H31BrClFN4O5S/c1-24(2,3)36-23(33)31-11-14(10-13(31)12-32)34-8-5-6-30-7-9-35-20-15-19(18(27)16(25)17(20)26)28-22(37-4)29-21(15)30/h13-14,32H,5-12H2,1-4H3/t13-,14-/m0/s1. The summed E-state index contributed by atoms with van der Waals surface area (Å²) >= 11 is 11.0. The predicted octanol–water partition coefficient (Wildman–Crippen LogP) is 4.88. The molecule has 0 saturated carbocycles. The molecular weight excluding hydrogens is 591 g/mol. The molecule has 1 aromatic carbocycles. The molecule has 2 atom stereocenters. The minimum absolute atomic E-state index is 0.119. The Labute approximate surface area is 233 Å². The van der Waals surface area contributed by atoms with E-state index in [0.717, 1.165) is 0 Å². The Balaban J connectivity index is 1.43. The highest BCUT2D eigenvalue weighted by molar-refractivity contribution is 9.10. The van der Waals surface area contributed by atoms with Crippen LogP contribution in [0.5, 0.6) is 5.75 Å². The molecule has 204 valence electrons. The molecule has 13 heteroatoms. The molecule has 2 aliphatic heterocycles. The summed E-state index contributed by atoms with van der Waals surface area (Å²) in [5, 5.41) is 10.8. The molecule has 0 bridgehead atoms. The van der Waals surface area contributed by atoms with Crippen molar-refractivity contribution in [3.05, 3.63) is 15.3 Å². The smallest absolute Gasteiger partial charge is 0.410 e. The van der Waals surface area contributed by atoms with Crippen molar-refractivity contribution >= 4 is 62.1 Å². The van der Waals surface area contributed by atoms with Gasteiger partial charge in [-0.05, 0) is 55.8 Å². The average Bonchev–Trinajstić information content (AvgIpc) is 3.18. The molecule has 0 unspecified atom stereocenters. The number of ether oxygens (including phenoxy) is 3. The first kappa shape index (κ1) is 28.4. The Morgan fingerprint density at radius 1 is 1.38 bits per heavy atom. The van der Waals surface area contributed by atoms with Crippen molar-refractivity contribution < 1.29 is 28.5 Å². The number of hydrogen-bond donors (Lipinski definition) is 1. The second kappa shape index (κ2) is 11.6. The van der Waals surface area contributed by atoms with Crippen molar-refractivity contribution in [3.63, 3.8) is 0 Å². The maximum atomic E-state index is 15.1. The van der Waals surface area contributed by atoms with Crippen molar-refractivity contribution in [3.8, 4) is 5.75 Å². The number of likely N-dealkylation sites (tertiary alicyclic amines) is 1. The van der Waals surface area contributed by atoms with E-state index in [0.29, 0.717) is 67.8 Å². The molecule has 1 aromatic heterocycles. The van der Waals surface area contributed by atoms with E-state index in [9.17, 15) is 9.90 Å². The van der Waals surface area contributed by atoms with Gasteiger partial charge in [-0.25, -0.2) is 19.2 Å². The summed E-state index contributed by atoms with van der Waals surface area (Å²) in [5.74, 6) is 0.396. The van der Waals surface area contributed by atoms with Gasteiger partial charge in [0.05, 0.1) is 41.7 Å². The Morgan fingerprint density at radius 2 is 2.14 bits per heavy atom. The summed E-state index contributed by atoms with van der Waals surface area (Å²) in [6.07, 6.45) is 2.39. The van der Waals surface area contributed by atoms with E-state index in [1.165, 1.54) is 16.7 Å². The van der Waals surface area contributed by atoms with E-state index >= 15 is 4.39 Å². The number of thioether (sulfide) groups is 1. The van der Waals surface area contributed by atoms with Crippen LogP contribution >= 0.6 is 39.3 Å². The summed E-state index contributed by atoms with van der Waals surface area (Å²) < 4.78 is 32.7. The first-order chi connectivity index (χ1) is 17.5. The van der Waals surface area contributed by atoms with Crippen molar-refractivity contribution in [2.75, 3.05) is 50.6 Å². The minimum Gasteiger partial charge on any atom is -0.489 e. The number of halogens is 3. The number of aliphatic hydroxyl groups excluding tert-OH is 1. The van der Waals surface area contributed by atoms with Crippen LogP contribution in [0.15, 0.2) is 9.63 Å². The number of benzene rings is 1. The quantitative estimate of drug-likeness (QED) is 0.201. The van der Waals surface area contributed by atoms with Gasteiger partial charge in [0.1, 0.15) is 28.6 Å². The van der Waals surface area contributed by atoms with E-state index < -0.39 is 17.5 Å². The molecule has 2 aliphatic rings. The summed E-state index contributed by atoms with van der Waals surface area (Å²) in [5.41, 5.74) is -0.455. The molecule has 1 N–H and O–H groups in total. The molecular formula is C24H31BrClFN4O5S. The largest absolute Gasteiger partial charge is 0.489 e. The van der Waals surface area contributed by atoms with E-state index in [1.54, 1.807) is 0 Å². The maximum Gasteiger partial charge on any atom is 0.410 e. The highest BCUT2D eigenvalue weighted by atomic mass is 79.9. The molecule has 0 spiro atoms. The Bertz CT molecular complexity index is 1170. The third-order valence-electron chi connectivity index (χ3n) is 6.12. The lowest BCUT2D eigenvalue weighted by Gasteiger charge is -2.27. The van der Waals surface area contributed by atoms with Crippen LogP contribution in [-0.2, 0) is 9.47 Å². The molecule has 37 heavy (non-hydrogen) atoms. The van der Waals surface area contributed by atoms with E-state index in [2.05, 4.69) is 25.9 Å². The summed E-state index contributed by atoms with van der Waals surface area (Å²) in [6.45, 7) is 7.55. The van der Waals surface area contributed by atoms with Crippen LogP contribution < -0.4 is 9.64 Å². The summed E-state index contributed by atoms with van der Waals surface area (Å²) in [6, 6.07) is -0.336. The van der Waals surface area contributed by atoms with Gasteiger partial charge >= 0.3 is 6.09 Å². The van der Waals surface area contributed by atoms with Crippen molar-refractivity contribution in [1.29, 1.82) is 0 Å². The molecule has 9 nitrogen and oxygen atoms in total. The predicted molar refractivity (Wildman–Crippen MR) is 144 cm³/mol. The number of anilines is 1. The lowest BCUT2D eigenvalue weighted by molar-refractivity contribution is 0.0133. The van der Waals surface area contributed by atoms with Crippen LogP contribution in [0.3, 0.4) is 0 Å². The van der Waals surface area contributed by atoms with E-state index in [-0.39, 0.29) is 33.8 Å². The number of aromatic nitrogens is 2. The van der Waals surface area contributed by atoms with Crippen LogP contribution in [-0.4, -0.2) is 89.5 Å². The molecule has 1 saturated heterocycles. The summed E-state index contributed by atoms with van der Waals surface area (Å²) in [4.78, 5) is 25.1. The van der Waals surface area contributed by atoms with Crippen molar-refractivity contribution in [2.24, 2.45) is 0 Å². The zero-order chi connectivity index (χ0) is 26.9. The van der Waals surface area contributed by atoms with Crippen LogP contribution in [0.2, 0.25) is 5.02 Å². The molecule has 3 heterocycles. The lowest BCUT2D eigenvalue weighted by atomic mass is 10.2. The molecule has 1 amide bonds. The van der Waals surface area contributed by atoms with Gasteiger partial charge in [0, 0.05) is 13.2 Å². The molecule has 0 aliphatic carbocycles. The third-order valence-corrected chi connectivity index (χ3v) is 8.00. The number of hydrogen-bond acceptors (Lipinski definition) is 9.